The Morgan fingerprint density at radius 2 is 2.41 bits per heavy atom. The number of carbonyl (C=O) groups is 1. The molecule has 0 spiro atoms. The fraction of sp³-hybridized carbons (Fsp3) is 0.700. The minimum atomic E-state index is -0.363. The summed E-state index contributed by atoms with van der Waals surface area (Å²) in [5.41, 5.74) is -0.363. The van der Waals surface area contributed by atoms with Crippen molar-refractivity contribution in [1.29, 1.82) is 0 Å². The molecule has 17 heavy (non-hydrogen) atoms. The molecule has 1 amide bonds. The molecule has 1 aromatic rings. The average molecular weight is 238 g/mol. The highest BCUT2D eigenvalue weighted by molar-refractivity contribution is 5.79. The number of ether oxygens (including phenoxy) is 1. The summed E-state index contributed by atoms with van der Waals surface area (Å²) in [4.78, 5) is 25.2. The van der Waals surface area contributed by atoms with Crippen molar-refractivity contribution in [3.05, 3.63) is 16.3 Å². The molecule has 3 atom stereocenters. The van der Waals surface area contributed by atoms with Gasteiger partial charge in [-0.1, -0.05) is 0 Å². The van der Waals surface area contributed by atoms with Crippen LogP contribution in [0.5, 0.6) is 0 Å². The monoisotopic (exact) mass is 238 g/mol. The molecule has 0 unspecified atom stereocenters. The van der Waals surface area contributed by atoms with Crippen LogP contribution in [0.3, 0.4) is 0 Å². The van der Waals surface area contributed by atoms with Crippen LogP contribution in [0.25, 0.3) is 0 Å². The Kier molecular flexibility index (Phi) is 2.47. The molecular weight excluding hydrogens is 224 g/mol. The van der Waals surface area contributed by atoms with Crippen molar-refractivity contribution >= 4 is 5.91 Å². The minimum Gasteiger partial charge on any atom is -0.374 e. The lowest BCUT2D eigenvalue weighted by Crippen LogP contribution is -2.35. The van der Waals surface area contributed by atoms with Crippen LogP contribution in [0.4, 0.5) is 0 Å². The van der Waals surface area contributed by atoms with Crippen LogP contribution in [-0.4, -0.2) is 33.3 Å². The lowest BCUT2D eigenvalue weighted by atomic mass is 9.88. The third-order valence-electron chi connectivity index (χ3n) is 3.42. The first-order valence-electron chi connectivity index (χ1n) is 5.79. The SMILES string of the molecule is O=C(NCc1n[nH]c(=O)[nH]1)[C@@H]1C[C@@H]2CC[C@H]1O2. The Labute approximate surface area is 96.9 Å². The van der Waals surface area contributed by atoms with Gasteiger partial charge in [-0.2, -0.15) is 5.10 Å². The summed E-state index contributed by atoms with van der Waals surface area (Å²) in [6, 6.07) is 0. The summed E-state index contributed by atoms with van der Waals surface area (Å²) < 4.78 is 5.62. The Morgan fingerprint density at radius 3 is 3.00 bits per heavy atom. The normalized spacial score (nSPS) is 30.7. The van der Waals surface area contributed by atoms with Gasteiger partial charge >= 0.3 is 5.69 Å². The van der Waals surface area contributed by atoms with Crippen molar-refractivity contribution < 1.29 is 9.53 Å². The maximum absolute atomic E-state index is 11.9. The van der Waals surface area contributed by atoms with E-state index in [0.717, 1.165) is 19.3 Å². The number of aromatic nitrogens is 3. The summed E-state index contributed by atoms with van der Waals surface area (Å²) in [6.07, 6.45) is 3.20. The molecule has 7 heteroatoms. The van der Waals surface area contributed by atoms with E-state index in [2.05, 4.69) is 20.5 Å². The minimum absolute atomic E-state index is 0.0129. The van der Waals surface area contributed by atoms with E-state index in [1.807, 2.05) is 0 Å². The largest absolute Gasteiger partial charge is 0.374 e. The molecule has 0 aromatic carbocycles. The number of carbonyl (C=O) groups excluding carboxylic acids is 1. The van der Waals surface area contributed by atoms with Crippen LogP contribution in [0.15, 0.2) is 4.79 Å². The van der Waals surface area contributed by atoms with Gasteiger partial charge in [0.05, 0.1) is 24.7 Å². The van der Waals surface area contributed by atoms with Crippen molar-refractivity contribution in [3.8, 4) is 0 Å². The Balaban J connectivity index is 1.55. The molecule has 1 aromatic heterocycles. The summed E-state index contributed by atoms with van der Waals surface area (Å²) in [5.74, 6) is 0.382. The van der Waals surface area contributed by atoms with Gasteiger partial charge in [0, 0.05) is 0 Å². The topological polar surface area (TPSA) is 99.9 Å². The van der Waals surface area contributed by atoms with Crippen LogP contribution in [0.1, 0.15) is 25.1 Å². The predicted molar refractivity (Wildman–Crippen MR) is 57.1 cm³/mol. The van der Waals surface area contributed by atoms with E-state index in [1.165, 1.54) is 0 Å². The van der Waals surface area contributed by atoms with Gasteiger partial charge < -0.3 is 10.1 Å². The van der Waals surface area contributed by atoms with E-state index in [-0.39, 0.29) is 36.3 Å². The first kappa shape index (κ1) is 10.5. The molecule has 3 N–H and O–H groups in total. The molecule has 2 aliphatic rings. The van der Waals surface area contributed by atoms with Crippen molar-refractivity contribution in [2.75, 3.05) is 0 Å². The molecule has 7 nitrogen and oxygen atoms in total. The number of fused-ring (bicyclic) bond motifs is 2. The highest BCUT2D eigenvalue weighted by Crippen LogP contribution is 2.38. The predicted octanol–water partition coefficient (Wildman–Crippen LogP) is -0.718. The number of hydrogen-bond donors (Lipinski definition) is 3. The van der Waals surface area contributed by atoms with Crippen molar-refractivity contribution in [2.45, 2.75) is 38.0 Å². The van der Waals surface area contributed by atoms with E-state index in [4.69, 9.17) is 4.74 Å². The number of amides is 1. The number of nitrogens with zero attached hydrogens (tertiary/aromatic N) is 1. The zero-order valence-electron chi connectivity index (χ0n) is 9.23. The van der Waals surface area contributed by atoms with Crippen LogP contribution in [0, 0.1) is 5.92 Å². The lowest BCUT2D eigenvalue weighted by molar-refractivity contribution is -0.126. The van der Waals surface area contributed by atoms with Gasteiger partial charge in [0.25, 0.3) is 0 Å². The third kappa shape index (κ3) is 1.97. The van der Waals surface area contributed by atoms with Crippen molar-refractivity contribution in [1.82, 2.24) is 20.5 Å². The molecule has 0 radical (unpaired) electrons. The van der Waals surface area contributed by atoms with E-state index >= 15 is 0 Å². The van der Waals surface area contributed by atoms with Crippen LogP contribution < -0.4 is 11.0 Å². The van der Waals surface area contributed by atoms with Gasteiger partial charge in [0.1, 0.15) is 5.82 Å². The maximum atomic E-state index is 11.9. The zero-order valence-corrected chi connectivity index (χ0v) is 9.23. The summed E-state index contributed by atoms with van der Waals surface area (Å²) >= 11 is 0. The highest BCUT2D eigenvalue weighted by Gasteiger charge is 2.44. The Morgan fingerprint density at radius 1 is 1.53 bits per heavy atom. The van der Waals surface area contributed by atoms with Gasteiger partial charge in [0.2, 0.25) is 5.91 Å². The van der Waals surface area contributed by atoms with E-state index < -0.39 is 0 Å². The van der Waals surface area contributed by atoms with Crippen LogP contribution >= 0.6 is 0 Å². The number of nitrogens with one attached hydrogen (secondary N) is 3. The van der Waals surface area contributed by atoms with Crippen molar-refractivity contribution in [3.63, 3.8) is 0 Å². The van der Waals surface area contributed by atoms with Crippen molar-refractivity contribution in [2.24, 2.45) is 5.92 Å². The van der Waals surface area contributed by atoms with E-state index in [0.29, 0.717) is 5.82 Å². The lowest BCUT2D eigenvalue weighted by Gasteiger charge is -2.17. The second-order valence-corrected chi connectivity index (χ2v) is 4.56. The molecular formula is C10H14N4O3. The molecule has 0 aliphatic carbocycles. The molecule has 2 bridgehead atoms. The van der Waals surface area contributed by atoms with E-state index in [1.54, 1.807) is 0 Å². The van der Waals surface area contributed by atoms with Gasteiger partial charge in [-0.05, 0) is 19.3 Å². The first-order valence-corrected chi connectivity index (χ1v) is 5.79. The number of H-pyrrole nitrogens is 2. The smallest absolute Gasteiger partial charge is 0.340 e. The molecule has 92 valence electrons. The van der Waals surface area contributed by atoms with Gasteiger partial charge in [-0.3, -0.25) is 9.78 Å². The maximum Gasteiger partial charge on any atom is 0.340 e. The van der Waals surface area contributed by atoms with Gasteiger partial charge in [0.15, 0.2) is 0 Å². The third-order valence-corrected chi connectivity index (χ3v) is 3.42. The summed E-state index contributed by atoms with van der Waals surface area (Å²) in [5, 5.41) is 8.74. The van der Waals surface area contributed by atoms with E-state index in [9.17, 15) is 9.59 Å². The quantitative estimate of drug-likeness (QED) is 0.647. The van der Waals surface area contributed by atoms with Crippen LogP contribution in [-0.2, 0) is 16.1 Å². The average Bonchev–Trinajstić information content (AvgIpc) is 3.01. The van der Waals surface area contributed by atoms with Gasteiger partial charge in [-0.15, -0.1) is 0 Å². The molecule has 3 rings (SSSR count). The second kappa shape index (κ2) is 3.99. The van der Waals surface area contributed by atoms with Crippen LogP contribution in [0.2, 0.25) is 0 Å². The number of aromatic amines is 2. The fourth-order valence-electron chi connectivity index (χ4n) is 2.60. The fourth-order valence-corrected chi connectivity index (χ4v) is 2.60. The Hall–Kier alpha value is -1.63. The Bertz CT molecular complexity index is 480. The molecule has 2 saturated heterocycles. The summed E-state index contributed by atoms with van der Waals surface area (Å²) in [7, 11) is 0. The highest BCUT2D eigenvalue weighted by atomic mass is 16.5. The first-order chi connectivity index (χ1) is 8.22. The zero-order chi connectivity index (χ0) is 11.8. The number of rotatable bonds is 3. The molecule has 2 fully saturated rings. The molecule has 0 saturated carbocycles. The molecule has 3 heterocycles. The standard InChI is InChI=1S/C10H14N4O3/c15-9(6-3-5-1-2-7(6)17-5)11-4-8-12-10(16)14-13-8/h5-7H,1-4H2,(H,11,15)(H2,12,13,14,16)/t5-,6+,7+/m0/s1. The number of hydrogen-bond acceptors (Lipinski definition) is 4. The molecule has 2 aliphatic heterocycles. The summed E-state index contributed by atoms with van der Waals surface area (Å²) in [6.45, 7) is 0.242. The van der Waals surface area contributed by atoms with Gasteiger partial charge in [-0.25, -0.2) is 9.89 Å². The second-order valence-electron chi connectivity index (χ2n) is 4.56.